The van der Waals surface area contributed by atoms with E-state index in [-0.39, 0.29) is 5.91 Å². The summed E-state index contributed by atoms with van der Waals surface area (Å²) in [7, 11) is 1.62. The van der Waals surface area contributed by atoms with E-state index in [1.54, 1.807) is 19.3 Å². The first-order valence-corrected chi connectivity index (χ1v) is 6.96. The van der Waals surface area contributed by atoms with Crippen LogP contribution in [0.1, 0.15) is 20.9 Å². The molecule has 0 unspecified atom stereocenters. The van der Waals surface area contributed by atoms with Gasteiger partial charge in [0.15, 0.2) is 0 Å². The number of aromatic nitrogens is 1. The number of rotatable bonds is 4. The fourth-order valence-electron chi connectivity index (χ4n) is 1.69. The Morgan fingerprint density at radius 3 is 2.84 bits per heavy atom. The fraction of sp³-hybridized carbons (Fsp3) is 0.231. The van der Waals surface area contributed by atoms with Crippen molar-refractivity contribution in [1.29, 1.82) is 0 Å². The summed E-state index contributed by atoms with van der Waals surface area (Å²) in [5.74, 6) is -0.0821. The zero-order valence-electron chi connectivity index (χ0n) is 10.7. The van der Waals surface area contributed by atoms with Gasteiger partial charge in [-0.1, -0.05) is 11.6 Å². The molecule has 0 saturated heterocycles. The Kier molecular flexibility index (Phi) is 4.39. The molecule has 19 heavy (non-hydrogen) atoms. The number of benzene rings is 1. The van der Waals surface area contributed by atoms with Crippen molar-refractivity contribution in [3.05, 3.63) is 44.9 Å². The number of aryl methyl sites for hydroxylation is 1. The summed E-state index contributed by atoms with van der Waals surface area (Å²) < 4.78 is 0.684. The van der Waals surface area contributed by atoms with E-state index < -0.39 is 0 Å². The van der Waals surface area contributed by atoms with E-state index in [0.717, 1.165) is 16.3 Å². The maximum absolute atomic E-state index is 11.5. The zero-order valence-corrected chi connectivity index (χ0v) is 12.2. The molecular formula is C13H14ClN3OS. The summed E-state index contributed by atoms with van der Waals surface area (Å²) in [6, 6.07) is 5.55. The molecule has 6 heteroatoms. The Morgan fingerprint density at radius 1 is 1.47 bits per heavy atom. The van der Waals surface area contributed by atoms with Crippen molar-refractivity contribution < 1.29 is 4.79 Å². The molecule has 1 amide bonds. The van der Waals surface area contributed by atoms with Crippen molar-refractivity contribution in [2.24, 2.45) is 0 Å². The SMILES string of the molecule is CNC(=O)c1ccc(NCc2ncc(Cl)s2)c(C)c1. The van der Waals surface area contributed by atoms with E-state index in [9.17, 15) is 4.79 Å². The molecule has 100 valence electrons. The van der Waals surface area contributed by atoms with E-state index in [1.165, 1.54) is 11.3 Å². The molecule has 0 fully saturated rings. The molecule has 1 aromatic heterocycles. The Balaban J connectivity index is 2.07. The lowest BCUT2D eigenvalue weighted by Gasteiger charge is -2.09. The zero-order chi connectivity index (χ0) is 13.8. The van der Waals surface area contributed by atoms with Crippen molar-refractivity contribution in [2.75, 3.05) is 12.4 Å². The third kappa shape index (κ3) is 3.45. The van der Waals surface area contributed by atoms with Crippen LogP contribution in [0.3, 0.4) is 0 Å². The van der Waals surface area contributed by atoms with Crippen LogP contribution in [0.15, 0.2) is 24.4 Å². The van der Waals surface area contributed by atoms with Gasteiger partial charge in [0.1, 0.15) is 9.34 Å². The molecule has 1 aromatic carbocycles. The van der Waals surface area contributed by atoms with Gasteiger partial charge in [-0.25, -0.2) is 4.98 Å². The van der Waals surface area contributed by atoms with Crippen LogP contribution in [0, 0.1) is 6.92 Å². The quantitative estimate of drug-likeness (QED) is 0.911. The minimum absolute atomic E-state index is 0.0821. The monoisotopic (exact) mass is 295 g/mol. The molecule has 2 rings (SSSR count). The molecule has 0 aliphatic carbocycles. The van der Waals surface area contributed by atoms with Gasteiger partial charge in [-0.2, -0.15) is 0 Å². The first-order valence-electron chi connectivity index (χ1n) is 5.77. The van der Waals surface area contributed by atoms with E-state index in [0.29, 0.717) is 16.4 Å². The Bertz CT molecular complexity index is 597. The number of carbonyl (C=O) groups excluding carboxylic acids is 1. The number of amides is 1. The number of nitrogens with one attached hydrogen (secondary N) is 2. The predicted molar refractivity (Wildman–Crippen MR) is 79.0 cm³/mol. The summed E-state index contributed by atoms with van der Waals surface area (Å²) in [6.45, 7) is 2.58. The second-order valence-corrected chi connectivity index (χ2v) is 5.77. The van der Waals surface area contributed by atoms with Gasteiger partial charge < -0.3 is 10.6 Å². The normalized spacial score (nSPS) is 10.3. The number of thiazole rings is 1. The molecule has 1 heterocycles. The summed E-state index contributed by atoms with van der Waals surface area (Å²) in [5.41, 5.74) is 2.66. The van der Waals surface area contributed by atoms with Gasteiger partial charge >= 0.3 is 0 Å². The van der Waals surface area contributed by atoms with Crippen molar-refractivity contribution in [1.82, 2.24) is 10.3 Å². The minimum atomic E-state index is -0.0821. The second-order valence-electron chi connectivity index (χ2n) is 4.02. The topological polar surface area (TPSA) is 54.0 Å². The smallest absolute Gasteiger partial charge is 0.251 e. The predicted octanol–water partition coefficient (Wildman–Crippen LogP) is 3.08. The van der Waals surface area contributed by atoms with E-state index >= 15 is 0 Å². The molecule has 0 bridgehead atoms. The van der Waals surface area contributed by atoms with Crippen LogP contribution >= 0.6 is 22.9 Å². The number of anilines is 1. The largest absolute Gasteiger partial charge is 0.378 e. The third-order valence-electron chi connectivity index (χ3n) is 2.67. The molecule has 2 aromatic rings. The molecule has 0 saturated carbocycles. The van der Waals surface area contributed by atoms with Crippen molar-refractivity contribution in [3.63, 3.8) is 0 Å². The van der Waals surface area contributed by atoms with Gasteiger partial charge in [0, 0.05) is 18.3 Å². The third-order valence-corrected chi connectivity index (χ3v) is 3.79. The number of halogens is 1. The van der Waals surface area contributed by atoms with Crippen molar-refractivity contribution >= 4 is 34.5 Å². The van der Waals surface area contributed by atoms with Crippen LogP contribution in [-0.4, -0.2) is 17.9 Å². The summed E-state index contributed by atoms with van der Waals surface area (Å²) in [6.07, 6.45) is 1.64. The number of nitrogens with zero attached hydrogens (tertiary/aromatic N) is 1. The highest BCUT2D eigenvalue weighted by atomic mass is 35.5. The van der Waals surface area contributed by atoms with Crippen LogP contribution in [0.2, 0.25) is 4.34 Å². The Morgan fingerprint density at radius 2 is 2.26 bits per heavy atom. The fourth-order valence-corrected chi connectivity index (χ4v) is 2.58. The van der Waals surface area contributed by atoms with Gasteiger partial charge in [0.2, 0.25) is 0 Å². The Hall–Kier alpha value is -1.59. The van der Waals surface area contributed by atoms with Crippen LogP contribution in [0.5, 0.6) is 0 Å². The molecule has 2 N–H and O–H groups in total. The summed E-state index contributed by atoms with van der Waals surface area (Å²) in [5, 5.41) is 6.82. The number of carbonyl (C=O) groups is 1. The van der Waals surface area contributed by atoms with Gasteiger partial charge in [0.05, 0.1) is 12.7 Å². The lowest BCUT2D eigenvalue weighted by Crippen LogP contribution is -2.17. The molecular weight excluding hydrogens is 282 g/mol. The highest BCUT2D eigenvalue weighted by Crippen LogP contribution is 2.21. The molecule has 0 aliphatic rings. The van der Waals surface area contributed by atoms with Crippen LogP contribution in [0.25, 0.3) is 0 Å². The van der Waals surface area contributed by atoms with Gasteiger partial charge in [-0.15, -0.1) is 11.3 Å². The van der Waals surface area contributed by atoms with E-state index in [1.807, 2.05) is 19.1 Å². The highest BCUT2D eigenvalue weighted by Gasteiger charge is 2.06. The second kappa shape index (κ2) is 6.04. The maximum atomic E-state index is 11.5. The summed E-state index contributed by atoms with van der Waals surface area (Å²) >= 11 is 7.28. The minimum Gasteiger partial charge on any atom is -0.378 e. The maximum Gasteiger partial charge on any atom is 0.251 e. The lowest BCUT2D eigenvalue weighted by atomic mass is 10.1. The first kappa shape index (κ1) is 13.8. The van der Waals surface area contributed by atoms with Gasteiger partial charge in [-0.3, -0.25) is 4.79 Å². The molecule has 4 nitrogen and oxygen atoms in total. The standard InChI is InChI=1S/C13H14ClN3OS/c1-8-5-9(13(18)15-2)3-4-10(8)16-7-12-17-6-11(14)19-12/h3-6,16H,7H2,1-2H3,(H,15,18). The van der Waals surface area contributed by atoms with Gasteiger partial charge in [0.25, 0.3) is 5.91 Å². The molecule has 0 radical (unpaired) electrons. The lowest BCUT2D eigenvalue weighted by molar-refractivity contribution is 0.0963. The summed E-state index contributed by atoms with van der Waals surface area (Å²) in [4.78, 5) is 15.7. The molecule has 0 spiro atoms. The number of hydrogen-bond acceptors (Lipinski definition) is 4. The first-order chi connectivity index (χ1) is 9.10. The van der Waals surface area contributed by atoms with Crippen molar-refractivity contribution in [3.8, 4) is 0 Å². The molecule has 0 aliphatic heterocycles. The van der Waals surface area contributed by atoms with Crippen LogP contribution in [-0.2, 0) is 6.54 Å². The average molecular weight is 296 g/mol. The molecule has 0 atom stereocenters. The van der Waals surface area contributed by atoms with Gasteiger partial charge in [-0.05, 0) is 30.7 Å². The Labute approximate surface area is 120 Å². The van der Waals surface area contributed by atoms with Crippen LogP contribution < -0.4 is 10.6 Å². The van der Waals surface area contributed by atoms with E-state index in [4.69, 9.17) is 11.6 Å². The van der Waals surface area contributed by atoms with Crippen molar-refractivity contribution in [2.45, 2.75) is 13.5 Å². The number of hydrogen-bond donors (Lipinski definition) is 2. The average Bonchev–Trinajstić information content (AvgIpc) is 2.82. The highest BCUT2D eigenvalue weighted by molar-refractivity contribution is 7.15. The van der Waals surface area contributed by atoms with Crippen LogP contribution in [0.4, 0.5) is 5.69 Å². The van der Waals surface area contributed by atoms with E-state index in [2.05, 4.69) is 15.6 Å².